The van der Waals surface area contributed by atoms with E-state index in [0.717, 1.165) is 10.5 Å². The van der Waals surface area contributed by atoms with E-state index >= 15 is 0 Å². The molecule has 0 fully saturated rings. The maximum Gasteiger partial charge on any atom is 0.311 e. The van der Waals surface area contributed by atoms with Crippen LogP contribution in [-0.2, 0) is 4.79 Å². The molecule has 2 aromatic carbocycles. The van der Waals surface area contributed by atoms with Gasteiger partial charge in [0.15, 0.2) is 11.6 Å². The first-order chi connectivity index (χ1) is 13.7. The van der Waals surface area contributed by atoms with Crippen molar-refractivity contribution in [3.05, 3.63) is 63.5 Å². The molecule has 2 N–H and O–H groups in total. The zero-order chi connectivity index (χ0) is 21.5. The second kappa shape index (κ2) is 7.99. The van der Waals surface area contributed by atoms with E-state index in [1.54, 1.807) is 31.2 Å². The Kier molecular flexibility index (Phi) is 5.80. The standard InChI is InChI=1S/C22H21BrFNO4/c1-4-11(2)19(22(28)29)20-12(3)25(17-10-16(24)18(26)9-15(17)20)21(27)13-5-7-14(23)8-6-13/h5-11,19,26H,4H2,1-3H3,(H,28,29)/t11-,19?/m0/s1. The topological polar surface area (TPSA) is 79.5 Å². The van der Waals surface area contributed by atoms with E-state index < -0.39 is 29.4 Å². The van der Waals surface area contributed by atoms with Crippen LogP contribution in [0.2, 0.25) is 0 Å². The normalized spacial score (nSPS) is 13.4. The van der Waals surface area contributed by atoms with Crippen molar-refractivity contribution < 1.29 is 24.2 Å². The molecule has 0 saturated carbocycles. The number of halogens is 2. The zero-order valence-electron chi connectivity index (χ0n) is 16.2. The maximum absolute atomic E-state index is 14.2. The van der Waals surface area contributed by atoms with Crippen LogP contribution >= 0.6 is 15.9 Å². The average Bonchev–Trinajstić information content (AvgIpc) is 2.93. The fourth-order valence-electron chi connectivity index (χ4n) is 3.71. The number of carboxylic acids is 1. The first-order valence-electron chi connectivity index (χ1n) is 9.23. The predicted octanol–water partition coefficient (Wildman–Crippen LogP) is 5.46. The first kappa shape index (κ1) is 21.0. The molecule has 7 heteroatoms. The lowest BCUT2D eigenvalue weighted by molar-refractivity contribution is -0.140. The number of carboxylic acid groups (broad SMARTS) is 1. The molecule has 29 heavy (non-hydrogen) atoms. The minimum atomic E-state index is -1.03. The van der Waals surface area contributed by atoms with E-state index in [1.807, 2.05) is 13.8 Å². The molecule has 0 aliphatic rings. The number of carbonyl (C=O) groups excluding carboxylic acids is 1. The minimum Gasteiger partial charge on any atom is -0.505 e. The Balaban J connectivity index is 2.35. The van der Waals surface area contributed by atoms with E-state index in [2.05, 4.69) is 15.9 Å². The number of hydrogen-bond acceptors (Lipinski definition) is 3. The molecule has 0 spiro atoms. The molecule has 0 bridgehead atoms. The van der Waals surface area contributed by atoms with Gasteiger partial charge in [-0.1, -0.05) is 36.2 Å². The van der Waals surface area contributed by atoms with Crippen LogP contribution in [0.5, 0.6) is 5.75 Å². The number of rotatable bonds is 5. The van der Waals surface area contributed by atoms with Gasteiger partial charge in [0.25, 0.3) is 5.91 Å². The van der Waals surface area contributed by atoms with Crippen LogP contribution in [0.3, 0.4) is 0 Å². The van der Waals surface area contributed by atoms with Crippen molar-refractivity contribution in [2.75, 3.05) is 0 Å². The molecule has 1 unspecified atom stereocenters. The van der Waals surface area contributed by atoms with Crippen LogP contribution in [0, 0.1) is 18.7 Å². The van der Waals surface area contributed by atoms with Crippen LogP contribution in [-0.4, -0.2) is 26.7 Å². The quantitative estimate of drug-likeness (QED) is 0.528. The average molecular weight is 462 g/mol. The summed E-state index contributed by atoms with van der Waals surface area (Å²) in [5.41, 5.74) is 1.45. The van der Waals surface area contributed by atoms with Crippen LogP contribution in [0.4, 0.5) is 4.39 Å². The Bertz CT molecular complexity index is 1100. The van der Waals surface area contributed by atoms with E-state index in [0.29, 0.717) is 28.6 Å². The zero-order valence-corrected chi connectivity index (χ0v) is 17.8. The molecule has 3 rings (SSSR count). The minimum absolute atomic E-state index is 0.222. The molecule has 0 aliphatic heterocycles. The Morgan fingerprint density at radius 1 is 1.21 bits per heavy atom. The number of fused-ring (bicyclic) bond motifs is 1. The van der Waals surface area contributed by atoms with Crippen molar-refractivity contribution in [2.24, 2.45) is 5.92 Å². The van der Waals surface area contributed by atoms with Crippen LogP contribution < -0.4 is 0 Å². The van der Waals surface area contributed by atoms with E-state index in [1.165, 1.54) is 10.6 Å². The smallest absolute Gasteiger partial charge is 0.311 e. The van der Waals surface area contributed by atoms with Crippen molar-refractivity contribution in [1.29, 1.82) is 0 Å². The Morgan fingerprint density at radius 2 is 1.83 bits per heavy atom. The second-order valence-corrected chi connectivity index (χ2v) is 8.08. The van der Waals surface area contributed by atoms with Crippen LogP contribution in [0.1, 0.15) is 47.8 Å². The third kappa shape index (κ3) is 3.67. The largest absolute Gasteiger partial charge is 0.505 e. The molecule has 1 aromatic heterocycles. The number of carbonyl (C=O) groups is 2. The van der Waals surface area contributed by atoms with Gasteiger partial charge >= 0.3 is 5.97 Å². The van der Waals surface area contributed by atoms with Gasteiger partial charge in [-0.2, -0.15) is 0 Å². The highest BCUT2D eigenvalue weighted by Gasteiger charge is 2.33. The fourth-order valence-corrected chi connectivity index (χ4v) is 3.98. The van der Waals surface area contributed by atoms with Gasteiger partial charge in [-0.25, -0.2) is 4.39 Å². The predicted molar refractivity (Wildman–Crippen MR) is 112 cm³/mol. The molecule has 3 aromatic rings. The third-order valence-electron chi connectivity index (χ3n) is 5.41. The number of hydrogen-bond donors (Lipinski definition) is 2. The van der Waals surface area contributed by atoms with Gasteiger partial charge in [-0.15, -0.1) is 0 Å². The molecule has 5 nitrogen and oxygen atoms in total. The molecule has 152 valence electrons. The number of benzene rings is 2. The summed E-state index contributed by atoms with van der Waals surface area (Å²) in [5.74, 6) is -4.00. The summed E-state index contributed by atoms with van der Waals surface area (Å²) in [6.07, 6.45) is 0.608. The number of aromatic nitrogens is 1. The number of phenolic OH excluding ortho intramolecular Hbond substituents is 1. The Hall–Kier alpha value is -2.67. The van der Waals surface area contributed by atoms with Gasteiger partial charge < -0.3 is 10.2 Å². The lowest BCUT2D eigenvalue weighted by Gasteiger charge is -2.20. The Morgan fingerprint density at radius 3 is 2.38 bits per heavy atom. The number of aromatic hydroxyl groups is 1. The number of nitrogens with zero attached hydrogens (tertiary/aromatic N) is 1. The highest BCUT2D eigenvalue weighted by Crippen LogP contribution is 2.39. The summed E-state index contributed by atoms with van der Waals surface area (Å²) in [7, 11) is 0. The van der Waals surface area contributed by atoms with Gasteiger partial charge in [0.05, 0.1) is 11.4 Å². The van der Waals surface area contributed by atoms with E-state index in [-0.39, 0.29) is 11.4 Å². The Labute approximate surface area is 175 Å². The summed E-state index contributed by atoms with van der Waals surface area (Å²) >= 11 is 3.32. The van der Waals surface area contributed by atoms with E-state index in [9.17, 15) is 24.2 Å². The highest BCUT2D eigenvalue weighted by atomic mass is 79.9. The van der Waals surface area contributed by atoms with Crippen LogP contribution in [0.15, 0.2) is 40.9 Å². The number of aliphatic carboxylic acids is 1. The van der Waals surface area contributed by atoms with Gasteiger partial charge in [0, 0.05) is 27.2 Å². The van der Waals surface area contributed by atoms with Crippen LogP contribution in [0.25, 0.3) is 10.9 Å². The lowest BCUT2D eigenvalue weighted by Crippen LogP contribution is -2.21. The van der Waals surface area contributed by atoms with Gasteiger partial charge in [0.1, 0.15) is 0 Å². The van der Waals surface area contributed by atoms with Crippen molar-refractivity contribution in [2.45, 2.75) is 33.1 Å². The summed E-state index contributed by atoms with van der Waals surface area (Å²) in [6.45, 7) is 5.36. The molecule has 0 saturated heterocycles. The second-order valence-electron chi connectivity index (χ2n) is 7.17. The highest BCUT2D eigenvalue weighted by molar-refractivity contribution is 9.10. The molecule has 0 radical (unpaired) electrons. The summed E-state index contributed by atoms with van der Waals surface area (Å²) in [6, 6.07) is 9.00. The molecule has 0 amide bonds. The molecular weight excluding hydrogens is 441 g/mol. The van der Waals surface area contributed by atoms with E-state index in [4.69, 9.17) is 0 Å². The molecule has 1 heterocycles. The monoisotopic (exact) mass is 461 g/mol. The lowest BCUT2D eigenvalue weighted by atomic mass is 9.84. The first-order valence-corrected chi connectivity index (χ1v) is 10.0. The van der Waals surface area contributed by atoms with Crippen molar-refractivity contribution in [3.63, 3.8) is 0 Å². The third-order valence-corrected chi connectivity index (χ3v) is 5.93. The van der Waals surface area contributed by atoms with Crippen molar-refractivity contribution in [1.82, 2.24) is 4.57 Å². The van der Waals surface area contributed by atoms with Crippen molar-refractivity contribution in [3.8, 4) is 5.75 Å². The maximum atomic E-state index is 14.2. The summed E-state index contributed by atoms with van der Waals surface area (Å²) < 4.78 is 16.3. The molecule has 0 aliphatic carbocycles. The number of phenols is 1. The SMILES string of the molecule is CC[C@H](C)C(C(=O)O)c1c(C)n(C(=O)c2ccc(Br)cc2)c2cc(F)c(O)cc12. The fraction of sp³-hybridized carbons (Fsp3) is 0.273. The molecule has 2 atom stereocenters. The molecular formula is C22H21BrFNO4. The summed E-state index contributed by atoms with van der Waals surface area (Å²) in [5, 5.41) is 20.2. The summed E-state index contributed by atoms with van der Waals surface area (Å²) in [4.78, 5) is 25.3. The van der Waals surface area contributed by atoms with Gasteiger partial charge in [-0.05, 0) is 48.7 Å². The van der Waals surface area contributed by atoms with Crippen molar-refractivity contribution >= 4 is 38.7 Å². The van der Waals surface area contributed by atoms with Gasteiger partial charge in [-0.3, -0.25) is 14.2 Å². The van der Waals surface area contributed by atoms with Gasteiger partial charge in [0.2, 0.25) is 0 Å².